The molecule has 0 radical (unpaired) electrons. The molecule has 6 nitrogen and oxygen atoms in total. The molecule has 5 rings (SSSR count). The first-order valence-electron chi connectivity index (χ1n) is 11.3. The zero-order chi connectivity index (χ0) is 22.6. The van der Waals surface area contributed by atoms with Crippen molar-refractivity contribution < 1.29 is 19.0 Å². The van der Waals surface area contributed by atoms with Gasteiger partial charge < -0.3 is 19.5 Å². The molecule has 0 saturated carbocycles. The van der Waals surface area contributed by atoms with Crippen LogP contribution in [0.15, 0.2) is 72.8 Å². The lowest BCUT2D eigenvalue weighted by atomic mass is 9.87. The number of benzene rings is 3. The van der Waals surface area contributed by atoms with Crippen LogP contribution in [0.2, 0.25) is 0 Å². The van der Waals surface area contributed by atoms with Gasteiger partial charge in [0.15, 0.2) is 0 Å². The van der Waals surface area contributed by atoms with Gasteiger partial charge in [0.1, 0.15) is 17.2 Å². The summed E-state index contributed by atoms with van der Waals surface area (Å²) in [5.41, 5.74) is 2.92. The minimum atomic E-state index is -0.410. The molecular formula is C27H28N2O4. The number of hydrogen-bond donors (Lipinski definition) is 1. The Kier molecular flexibility index (Phi) is 6.28. The molecule has 0 unspecified atom stereocenters. The zero-order valence-corrected chi connectivity index (χ0v) is 18.7. The average molecular weight is 445 g/mol. The molecule has 2 aliphatic rings. The molecule has 0 bridgehead atoms. The lowest BCUT2D eigenvalue weighted by Gasteiger charge is -2.35. The predicted molar refractivity (Wildman–Crippen MR) is 126 cm³/mol. The van der Waals surface area contributed by atoms with Gasteiger partial charge in [-0.25, -0.2) is 0 Å². The van der Waals surface area contributed by atoms with E-state index in [9.17, 15) is 4.79 Å². The highest BCUT2D eigenvalue weighted by Gasteiger charge is 2.33. The third-order valence-electron chi connectivity index (χ3n) is 6.40. The SMILES string of the molecule is COc1ccc([C@H](CNC(=O)C2c3ccccc3Oc3ccccc32)N2CCOCC2)cc1. The van der Waals surface area contributed by atoms with Crippen LogP contribution in [0.5, 0.6) is 17.2 Å². The number of carbonyl (C=O) groups is 1. The van der Waals surface area contributed by atoms with Crippen molar-refractivity contribution in [2.24, 2.45) is 0 Å². The smallest absolute Gasteiger partial charge is 0.232 e. The molecule has 1 N–H and O–H groups in total. The Bertz CT molecular complexity index is 1060. The van der Waals surface area contributed by atoms with Crippen molar-refractivity contribution in [3.63, 3.8) is 0 Å². The Morgan fingerprint density at radius 1 is 0.970 bits per heavy atom. The average Bonchev–Trinajstić information content (AvgIpc) is 2.88. The Balaban J connectivity index is 1.40. The summed E-state index contributed by atoms with van der Waals surface area (Å²) in [6, 6.07) is 23.7. The van der Waals surface area contributed by atoms with Crippen LogP contribution in [-0.4, -0.2) is 50.8 Å². The molecule has 2 aliphatic heterocycles. The normalized spacial score (nSPS) is 16.8. The van der Waals surface area contributed by atoms with Crippen molar-refractivity contribution in [2.45, 2.75) is 12.0 Å². The van der Waals surface area contributed by atoms with E-state index in [4.69, 9.17) is 14.2 Å². The summed E-state index contributed by atoms with van der Waals surface area (Å²) in [4.78, 5) is 16.0. The van der Waals surface area contributed by atoms with Gasteiger partial charge in [-0.2, -0.15) is 0 Å². The van der Waals surface area contributed by atoms with Crippen LogP contribution < -0.4 is 14.8 Å². The van der Waals surface area contributed by atoms with E-state index in [0.29, 0.717) is 19.8 Å². The molecule has 0 aliphatic carbocycles. The van der Waals surface area contributed by atoms with Crippen LogP contribution in [0.4, 0.5) is 0 Å². The molecule has 3 aromatic rings. The topological polar surface area (TPSA) is 60.0 Å². The van der Waals surface area contributed by atoms with Crippen molar-refractivity contribution in [3.8, 4) is 17.2 Å². The Morgan fingerprint density at radius 3 is 2.18 bits per heavy atom. The highest BCUT2D eigenvalue weighted by Crippen LogP contribution is 2.44. The first kappa shape index (κ1) is 21.5. The van der Waals surface area contributed by atoms with Crippen LogP contribution in [0.3, 0.4) is 0 Å². The van der Waals surface area contributed by atoms with E-state index in [2.05, 4.69) is 22.3 Å². The third-order valence-corrected chi connectivity index (χ3v) is 6.40. The number of methoxy groups -OCH3 is 1. The maximum atomic E-state index is 13.6. The van der Waals surface area contributed by atoms with E-state index in [-0.39, 0.29) is 11.9 Å². The summed E-state index contributed by atoms with van der Waals surface area (Å²) in [6.07, 6.45) is 0. The number of carbonyl (C=O) groups excluding carboxylic acids is 1. The second-order valence-electron chi connectivity index (χ2n) is 8.29. The predicted octanol–water partition coefficient (Wildman–Crippen LogP) is 4.12. The van der Waals surface area contributed by atoms with Gasteiger partial charge in [-0.3, -0.25) is 9.69 Å². The molecule has 33 heavy (non-hydrogen) atoms. The fourth-order valence-electron chi connectivity index (χ4n) is 4.66. The Labute approximate surface area is 194 Å². The highest BCUT2D eigenvalue weighted by molar-refractivity contribution is 5.89. The zero-order valence-electron chi connectivity index (χ0n) is 18.7. The van der Waals surface area contributed by atoms with Gasteiger partial charge in [0, 0.05) is 30.8 Å². The summed E-state index contributed by atoms with van der Waals surface area (Å²) in [5.74, 6) is 1.85. The molecule has 1 atom stereocenters. The van der Waals surface area contributed by atoms with Gasteiger partial charge in [0.25, 0.3) is 0 Å². The number of morpholine rings is 1. The number of nitrogens with zero attached hydrogens (tertiary/aromatic N) is 1. The van der Waals surface area contributed by atoms with E-state index < -0.39 is 5.92 Å². The molecule has 0 aromatic heterocycles. The summed E-state index contributed by atoms with van der Waals surface area (Å²) in [7, 11) is 1.66. The van der Waals surface area contributed by atoms with Gasteiger partial charge in [-0.1, -0.05) is 48.5 Å². The van der Waals surface area contributed by atoms with Crippen molar-refractivity contribution in [3.05, 3.63) is 89.5 Å². The Hall–Kier alpha value is -3.35. The summed E-state index contributed by atoms with van der Waals surface area (Å²) < 4.78 is 16.9. The quantitative estimate of drug-likeness (QED) is 0.620. The monoisotopic (exact) mass is 444 g/mol. The lowest BCUT2D eigenvalue weighted by Crippen LogP contribution is -2.44. The third kappa shape index (κ3) is 4.45. The fraction of sp³-hybridized carbons (Fsp3) is 0.296. The number of ether oxygens (including phenoxy) is 3. The van der Waals surface area contributed by atoms with E-state index in [1.54, 1.807) is 7.11 Å². The maximum Gasteiger partial charge on any atom is 0.232 e. The van der Waals surface area contributed by atoms with Crippen molar-refractivity contribution in [1.29, 1.82) is 0 Å². The fourth-order valence-corrected chi connectivity index (χ4v) is 4.66. The summed E-state index contributed by atoms with van der Waals surface area (Å²) in [6.45, 7) is 3.56. The molecule has 1 saturated heterocycles. The van der Waals surface area contributed by atoms with Gasteiger partial charge in [0.05, 0.1) is 32.3 Å². The number of para-hydroxylation sites is 2. The second-order valence-corrected chi connectivity index (χ2v) is 8.29. The van der Waals surface area contributed by atoms with Crippen LogP contribution in [0.1, 0.15) is 28.7 Å². The molecule has 1 amide bonds. The number of rotatable bonds is 6. The molecule has 2 heterocycles. The standard InChI is InChI=1S/C27H28N2O4/c1-31-20-12-10-19(11-13-20)23(29-14-16-32-17-15-29)18-28-27(30)26-21-6-2-4-8-24(21)33-25-9-5-3-7-22(25)26/h2-13,23,26H,14-18H2,1H3,(H,28,30)/t23-/m0/s1. The van der Waals surface area contributed by atoms with Crippen molar-refractivity contribution in [1.82, 2.24) is 10.2 Å². The van der Waals surface area contributed by atoms with Gasteiger partial charge in [-0.15, -0.1) is 0 Å². The van der Waals surface area contributed by atoms with E-state index in [1.165, 1.54) is 0 Å². The minimum Gasteiger partial charge on any atom is -0.497 e. The van der Waals surface area contributed by atoms with Crippen LogP contribution in [0.25, 0.3) is 0 Å². The van der Waals surface area contributed by atoms with Gasteiger partial charge in [0.2, 0.25) is 5.91 Å². The first-order valence-corrected chi connectivity index (χ1v) is 11.3. The maximum absolute atomic E-state index is 13.6. The number of hydrogen-bond acceptors (Lipinski definition) is 5. The molecule has 0 spiro atoms. The molecule has 3 aromatic carbocycles. The van der Waals surface area contributed by atoms with Crippen molar-refractivity contribution >= 4 is 5.91 Å². The van der Waals surface area contributed by atoms with Crippen LogP contribution in [0, 0.1) is 0 Å². The minimum absolute atomic E-state index is 0.0232. The number of fused-ring (bicyclic) bond motifs is 2. The van der Waals surface area contributed by atoms with Gasteiger partial charge >= 0.3 is 0 Å². The largest absolute Gasteiger partial charge is 0.497 e. The van der Waals surface area contributed by atoms with E-state index >= 15 is 0 Å². The number of nitrogens with one attached hydrogen (secondary N) is 1. The molecule has 6 heteroatoms. The highest BCUT2D eigenvalue weighted by atomic mass is 16.5. The number of amides is 1. The second kappa shape index (κ2) is 9.65. The Morgan fingerprint density at radius 2 is 1.58 bits per heavy atom. The van der Waals surface area contributed by atoms with Crippen LogP contribution >= 0.6 is 0 Å². The van der Waals surface area contributed by atoms with E-state index in [0.717, 1.165) is 47.0 Å². The van der Waals surface area contributed by atoms with Crippen LogP contribution in [-0.2, 0) is 9.53 Å². The lowest BCUT2D eigenvalue weighted by molar-refractivity contribution is -0.122. The first-order chi connectivity index (χ1) is 16.2. The summed E-state index contributed by atoms with van der Waals surface area (Å²) >= 11 is 0. The van der Waals surface area contributed by atoms with E-state index in [1.807, 2.05) is 60.7 Å². The van der Waals surface area contributed by atoms with Crippen molar-refractivity contribution in [2.75, 3.05) is 40.0 Å². The molecule has 170 valence electrons. The van der Waals surface area contributed by atoms with Gasteiger partial charge in [-0.05, 0) is 29.8 Å². The summed E-state index contributed by atoms with van der Waals surface area (Å²) in [5, 5.41) is 3.25. The molecule has 1 fully saturated rings. The molecular weight excluding hydrogens is 416 g/mol.